The van der Waals surface area contributed by atoms with Crippen molar-refractivity contribution < 1.29 is 9.53 Å². The summed E-state index contributed by atoms with van der Waals surface area (Å²) in [5.41, 5.74) is 0.901. The van der Waals surface area contributed by atoms with Crippen LogP contribution in [0.5, 0.6) is 0 Å². The van der Waals surface area contributed by atoms with E-state index in [0.717, 1.165) is 44.5 Å². The van der Waals surface area contributed by atoms with Gasteiger partial charge in [0.2, 0.25) is 0 Å². The van der Waals surface area contributed by atoms with Crippen LogP contribution < -0.4 is 5.32 Å². The molecule has 0 radical (unpaired) electrons. The van der Waals surface area contributed by atoms with E-state index in [2.05, 4.69) is 5.32 Å². The molecule has 1 atom stereocenters. The van der Waals surface area contributed by atoms with Crippen molar-refractivity contribution in [3.8, 4) is 0 Å². The molecule has 0 saturated carbocycles. The summed E-state index contributed by atoms with van der Waals surface area (Å²) in [6, 6.07) is 10.1. The van der Waals surface area contributed by atoms with E-state index in [4.69, 9.17) is 4.74 Å². The highest BCUT2D eigenvalue weighted by Gasteiger charge is 2.44. The molecule has 1 amide bonds. The number of hydrogen-bond acceptors (Lipinski definition) is 3. The van der Waals surface area contributed by atoms with Gasteiger partial charge in [-0.3, -0.25) is 4.90 Å². The first-order valence-corrected chi connectivity index (χ1v) is 7.00. The number of carbonyl (C=O) groups excluding carboxylic acids is 1. The molecule has 2 aliphatic rings. The second-order valence-electron chi connectivity index (χ2n) is 5.50. The maximum absolute atomic E-state index is 12.0. The van der Waals surface area contributed by atoms with E-state index in [-0.39, 0.29) is 24.1 Å². The minimum Gasteiger partial charge on any atom is -0.441 e. The Bertz CT molecular complexity index is 444. The van der Waals surface area contributed by atoms with Crippen molar-refractivity contribution >= 4 is 18.5 Å². The molecule has 0 aromatic heterocycles. The number of rotatable bonds is 2. The lowest BCUT2D eigenvalue weighted by atomic mass is 9.95. The third-order valence-electron chi connectivity index (χ3n) is 4.00. The number of nitrogens with one attached hydrogen (secondary N) is 1. The quantitative estimate of drug-likeness (QED) is 0.912. The van der Waals surface area contributed by atoms with Gasteiger partial charge in [-0.25, -0.2) is 4.79 Å². The molecule has 2 fully saturated rings. The van der Waals surface area contributed by atoms with Crippen molar-refractivity contribution in [3.63, 3.8) is 0 Å². The normalized spacial score (nSPS) is 26.0. The molecule has 1 N–H and O–H groups in total. The average molecular weight is 297 g/mol. The predicted octanol–water partition coefficient (Wildman–Crippen LogP) is 2.57. The van der Waals surface area contributed by atoms with Crippen LogP contribution in [0.25, 0.3) is 0 Å². The lowest BCUT2D eigenvalue weighted by molar-refractivity contribution is 0.0469. The third-order valence-corrected chi connectivity index (χ3v) is 4.00. The first-order valence-electron chi connectivity index (χ1n) is 7.00. The first-order chi connectivity index (χ1) is 9.27. The largest absolute Gasteiger partial charge is 0.441 e. The predicted molar refractivity (Wildman–Crippen MR) is 80.0 cm³/mol. The maximum atomic E-state index is 12.0. The van der Waals surface area contributed by atoms with E-state index < -0.39 is 0 Å². The SMILES string of the molecule is Cl.O=C1OC2(CCCNCC2)CN1Cc1ccccc1. The van der Waals surface area contributed by atoms with Gasteiger partial charge in [0.15, 0.2) is 0 Å². The van der Waals surface area contributed by atoms with Crippen molar-refractivity contribution in [3.05, 3.63) is 35.9 Å². The molecule has 110 valence electrons. The summed E-state index contributed by atoms with van der Waals surface area (Å²) in [4.78, 5) is 13.9. The van der Waals surface area contributed by atoms with E-state index in [1.54, 1.807) is 0 Å². The Labute approximate surface area is 125 Å². The number of ether oxygens (including phenoxy) is 1. The molecular weight excluding hydrogens is 276 g/mol. The lowest BCUT2D eigenvalue weighted by Gasteiger charge is -2.24. The van der Waals surface area contributed by atoms with E-state index in [9.17, 15) is 4.79 Å². The van der Waals surface area contributed by atoms with E-state index in [1.165, 1.54) is 0 Å². The Kier molecular flexibility index (Phi) is 4.89. The topological polar surface area (TPSA) is 41.6 Å². The number of carbonyl (C=O) groups is 1. The molecule has 1 spiro atoms. The summed E-state index contributed by atoms with van der Waals surface area (Å²) in [6.45, 7) is 3.34. The minimum absolute atomic E-state index is 0. The summed E-state index contributed by atoms with van der Waals surface area (Å²) in [6.07, 6.45) is 2.80. The first kappa shape index (κ1) is 15.1. The monoisotopic (exact) mass is 296 g/mol. The highest BCUT2D eigenvalue weighted by molar-refractivity contribution is 5.85. The standard InChI is InChI=1S/C15H20N2O2.ClH/c18-14-17(11-13-5-2-1-3-6-13)12-15(19-14)7-4-9-16-10-8-15;/h1-3,5-6,16H,4,7-12H2;1H. The van der Waals surface area contributed by atoms with Crippen LogP contribution in [0.1, 0.15) is 24.8 Å². The van der Waals surface area contributed by atoms with Gasteiger partial charge >= 0.3 is 6.09 Å². The molecule has 2 heterocycles. The summed E-state index contributed by atoms with van der Waals surface area (Å²) in [7, 11) is 0. The smallest absolute Gasteiger partial charge is 0.410 e. The van der Waals surface area contributed by atoms with Crippen LogP contribution in [0, 0.1) is 0 Å². The van der Waals surface area contributed by atoms with Gasteiger partial charge in [-0.2, -0.15) is 0 Å². The maximum Gasteiger partial charge on any atom is 0.410 e. The van der Waals surface area contributed by atoms with Crippen LogP contribution in [0.15, 0.2) is 30.3 Å². The van der Waals surface area contributed by atoms with Gasteiger partial charge in [0.05, 0.1) is 6.54 Å². The van der Waals surface area contributed by atoms with Gasteiger partial charge in [0.25, 0.3) is 0 Å². The fourth-order valence-electron chi connectivity index (χ4n) is 2.98. The van der Waals surface area contributed by atoms with Crippen molar-refractivity contribution in [1.29, 1.82) is 0 Å². The molecule has 3 rings (SSSR count). The van der Waals surface area contributed by atoms with E-state index in [1.807, 2.05) is 35.2 Å². The zero-order chi connectivity index (χ0) is 13.1. The fraction of sp³-hybridized carbons (Fsp3) is 0.533. The van der Waals surface area contributed by atoms with Crippen LogP contribution in [0.2, 0.25) is 0 Å². The number of hydrogen-bond donors (Lipinski definition) is 1. The second-order valence-corrected chi connectivity index (χ2v) is 5.50. The van der Waals surface area contributed by atoms with Gasteiger partial charge in [-0.15, -0.1) is 12.4 Å². The van der Waals surface area contributed by atoms with Crippen LogP contribution in [0.3, 0.4) is 0 Å². The van der Waals surface area contributed by atoms with E-state index in [0.29, 0.717) is 6.54 Å². The molecule has 5 heteroatoms. The Morgan fingerprint density at radius 1 is 1.20 bits per heavy atom. The molecule has 0 aliphatic carbocycles. The van der Waals surface area contributed by atoms with Crippen LogP contribution in [-0.2, 0) is 11.3 Å². The highest BCUT2D eigenvalue weighted by atomic mass is 35.5. The Balaban J connectivity index is 0.00000147. The third kappa shape index (κ3) is 3.25. The van der Waals surface area contributed by atoms with Gasteiger partial charge in [-0.1, -0.05) is 30.3 Å². The van der Waals surface area contributed by atoms with Gasteiger partial charge in [0, 0.05) is 13.0 Å². The molecule has 1 aromatic rings. The zero-order valence-corrected chi connectivity index (χ0v) is 12.3. The Morgan fingerprint density at radius 2 is 2.00 bits per heavy atom. The Hall–Kier alpha value is -1.26. The van der Waals surface area contributed by atoms with E-state index >= 15 is 0 Å². The summed E-state index contributed by atoms with van der Waals surface area (Å²) in [5, 5.41) is 3.37. The van der Waals surface area contributed by atoms with Gasteiger partial charge in [0.1, 0.15) is 5.60 Å². The van der Waals surface area contributed by atoms with Crippen molar-refractivity contribution in [2.75, 3.05) is 19.6 Å². The molecule has 1 unspecified atom stereocenters. The number of halogens is 1. The Morgan fingerprint density at radius 3 is 2.80 bits per heavy atom. The van der Waals surface area contributed by atoms with Crippen molar-refractivity contribution in [2.45, 2.75) is 31.4 Å². The molecule has 2 saturated heterocycles. The molecular formula is C15H21ClN2O2. The van der Waals surface area contributed by atoms with Gasteiger partial charge in [-0.05, 0) is 31.5 Å². The van der Waals surface area contributed by atoms with Crippen LogP contribution >= 0.6 is 12.4 Å². The molecule has 1 aromatic carbocycles. The molecule has 20 heavy (non-hydrogen) atoms. The van der Waals surface area contributed by atoms with Crippen molar-refractivity contribution in [2.24, 2.45) is 0 Å². The summed E-state index contributed by atoms with van der Waals surface area (Å²) >= 11 is 0. The molecule has 0 bridgehead atoms. The number of nitrogens with zero attached hydrogens (tertiary/aromatic N) is 1. The van der Waals surface area contributed by atoms with Gasteiger partial charge < -0.3 is 10.1 Å². The fourth-order valence-corrected chi connectivity index (χ4v) is 2.98. The second kappa shape index (κ2) is 6.46. The average Bonchev–Trinajstić information content (AvgIpc) is 2.60. The summed E-state index contributed by atoms with van der Waals surface area (Å²) in [5.74, 6) is 0. The van der Waals surface area contributed by atoms with Crippen molar-refractivity contribution in [1.82, 2.24) is 10.2 Å². The number of amides is 1. The highest BCUT2D eigenvalue weighted by Crippen LogP contribution is 2.32. The zero-order valence-electron chi connectivity index (χ0n) is 11.5. The lowest BCUT2D eigenvalue weighted by Crippen LogP contribution is -2.35. The molecule has 4 nitrogen and oxygen atoms in total. The van der Waals surface area contributed by atoms with Crippen LogP contribution in [0.4, 0.5) is 4.79 Å². The summed E-state index contributed by atoms with van der Waals surface area (Å²) < 4.78 is 5.70. The number of benzene rings is 1. The molecule has 2 aliphatic heterocycles. The van der Waals surface area contributed by atoms with Crippen LogP contribution in [-0.4, -0.2) is 36.2 Å². The minimum atomic E-state index is -0.255.